The van der Waals surface area contributed by atoms with Crippen LogP contribution in [0.3, 0.4) is 0 Å². The number of amides is 1. The SMILES string of the molecule is CCCn1c(=NC(=O)COc2ccc(Cl)cc2)c(C(=O)OCC)cc2c(=O)n3ccccc3nc21. The quantitative estimate of drug-likeness (QED) is 0.288. The van der Waals surface area contributed by atoms with Crippen molar-refractivity contribution in [3.8, 4) is 5.75 Å². The van der Waals surface area contributed by atoms with E-state index in [0.29, 0.717) is 35.0 Å². The number of ether oxygens (including phenoxy) is 2. The molecule has 0 radical (unpaired) electrons. The molecule has 4 aromatic rings. The first-order chi connectivity index (χ1) is 16.9. The summed E-state index contributed by atoms with van der Waals surface area (Å²) in [4.78, 5) is 47.7. The maximum absolute atomic E-state index is 13.2. The molecule has 0 spiro atoms. The molecule has 0 atom stereocenters. The number of aryl methyl sites for hydroxylation is 1. The second-order valence-electron chi connectivity index (χ2n) is 7.58. The highest BCUT2D eigenvalue weighted by Crippen LogP contribution is 2.15. The first kappa shape index (κ1) is 24.2. The van der Waals surface area contributed by atoms with Gasteiger partial charge in [0.1, 0.15) is 22.6 Å². The van der Waals surface area contributed by atoms with Crippen LogP contribution >= 0.6 is 11.6 Å². The molecule has 0 fully saturated rings. The Morgan fingerprint density at radius 3 is 2.60 bits per heavy atom. The Hall–Kier alpha value is -3.98. The zero-order chi connectivity index (χ0) is 24.9. The summed E-state index contributed by atoms with van der Waals surface area (Å²) in [6.07, 6.45) is 2.24. The van der Waals surface area contributed by atoms with Gasteiger partial charge in [-0.05, 0) is 55.8 Å². The van der Waals surface area contributed by atoms with E-state index >= 15 is 0 Å². The second kappa shape index (κ2) is 10.5. The van der Waals surface area contributed by atoms with Crippen LogP contribution in [0.15, 0.2) is 64.5 Å². The number of hydrogen-bond donors (Lipinski definition) is 0. The molecule has 0 saturated carbocycles. The minimum Gasteiger partial charge on any atom is -0.484 e. The van der Waals surface area contributed by atoms with Crippen molar-refractivity contribution in [2.24, 2.45) is 4.99 Å². The molecule has 1 aromatic carbocycles. The van der Waals surface area contributed by atoms with Crippen LogP contribution in [0.1, 0.15) is 30.6 Å². The highest BCUT2D eigenvalue weighted by molar-refractivity contribution is 6.30. The molecule has 1 amide bonds. The summed E-state index contributed by atoms with van der Waals surface area (Å²) in [5.74, 6) is -0.862. The normalized spacial score (nSPS) is 11.7. The minimum atomic E-state index is -0.693. The van der Waals surface area contributed by atoms with Crippen LogP contribution < -0.4 is 15.8 Å². The summed E-state index contributed by atoms with van der Waals surface area (Å²) in [5, 5.41) is 0.758. The molecule has 0 bridgehead atoms. The van der Waals surface area contributed by atoms with E-state index in [9.17, 15) is 14.4 Å². The third kappa shape index (κ3) is 5.09. The van der Waals surface area contributed by atoms with E-state index in [0.717, 1.165) is 0 Å². The van der Waals surface area contributed by atoms with Crippen molar-refractivity contribution in [2.45, 2.75) is 26.8 Å². The lowest BCUT2D eigenvalue weighted by atomic mass is 10.2. The number of carbonyl (C=O) groups is 2. The summed E-state index contributed by atoms with van der Waals surface area (Å²) < 4.78 is 13.7. The second-order valence-corrected chi connectivity index (χ2v) is 8.02. The van der Waals surface area contributed by atoms with Crippen LogP contribution in [0.2, 0.25) is 5.02 Å². The number of halogens is 1. The molecule has 0 unspecified atom stereocenters. The molecular formula is C25H23ClN4O5. The fourth-order valence-corrected chi connectivity index (χ4v) is 3.75. The molecule has 0 saturated heterocycles. The molecule has 9 nitrogen and oxygen atoms in total. The van der Waals surface area contributed by atoms with Gasteiger partial charge < -0.3 is 14.0 Å². The van der Waals surface area contributed by atoms with Gasteiger partial charge in [-0.2, -0.15) is 4.99 Å². The molecule has 0 aliphatic heterocycles. The molecule has 4 rings (SSSR count). The van der Waals surface area contributed by atoms with E-state index in [1.807, 2.05) is 6.92 Å². The molecule has 0 aliphatic carbocycles. The van der Waals surface area contributed by atoms with Gasteiger partial charge in [-0.1, -0.05) is 24.6 Å². The number of esters is 1. The van der Waals surface area contributed by atoms with E-state index in [4.69, 9.17) is 21.1 Å². The summed E-state index contributed by atoms with van der Waals surface area (Å²) in [5.41, 5.74) is 0.477. The Morgan fingerprint density at radius 1 is 1.11 bits per heavy atom. The number of benzene rings is 1. The Labute approximate surface area is 205 Å². The smallest absolute Gasteiger partial charge is 0.341 e. The van der Waals surface area contributed by atoms with E-state index in [1.54, 1.807) is 60.2 Å². The molecule has 0 N–H and O–H groups in total. The number of nitrogens with zero attached hydrogens (tertiary/aromatic N) is 4. The highest BCUT2D eigenvalue weighted by Gasteiger charge is 2.19. The van der Waals surface area contributed by atoms with E-state index < -0.39 is 11.9 Å². The zero-order valence-electron chi connectivity index (χ0n) is 19.2. The van der Waals surface area contributed by atoms with Gasteiger partial charge in [0, 0.05) is 17.8 Å². The average Bonchev–Trinajstić information content (AvgIpc) is 2.85. The predicted octanol–water partition coefficient (Wildman–Crippen LogP) is 3.40. The van der Waals surface area contributed by atoms with Gasteiger partial charge in [-0.25, -0.2) is 9.78 Å². The minimum absolute atomic E-state index is 0.00224. The van der Waals surface area contributed by atoms with Crippen molar-refractivity contribution in [1.82, 2.24) is 14.0 Å². The maximum atomic E-state index is 13.2. The molecule has 3 aromatic heterocycles. The molecule has 35 heavy (non-hydrogen) atoms. The van der Waals surface area contributed by atoms with Gasteiger partial charge in [0.15, 0.2) is 12.1 Å². The van der Waals surface area contributed by atoms with E-state index in [1.165, 1.54) is 10.5 Å². The third-order valence-electron chi connectivity index (χ3n) is 5.14. The van der Waals surface area contributed by atoms with Crippen LogP contribution in [0, 0.1) is 0 Å². The molecule has 180 valence electrons. The summed E-state index contributed by atoms with van der Waals surface area (Å²) in [6, 6.07) is 13.1. The number of fused-ring (bicyclic) bond motifs is 2. The predicted molar refractivity (Wildman–Crippen MR) is 131 cm³/mol. The van der Waals surface area contributed by atoms with Crippen LogP contribution in [0.25, 0.3) is 16.7 Å². The largest absolute Gasteiger partial charge is 0.484 e. The number of aromatic nitrogens is 3. The third-order valence-corrected chi connectivity index (χ3v) is 5.39. The van der Waals surface area contributed by atoms with Gasteiger partial charge in [0.05, 0.1) is 12.0 Å². The Kier molecular flexibility index (Phi) is 7.26. The van der Waals surface area contributed by atoms with Gasteiger partial charge in [0.2, 0.25) is 0 Å². The van der Waals surface area contributed by atoms with Gasteiger partial charge in [-0.3, -0.25) is 14.0 Å². The first-order valence-corrected chi connectivity index (χ1v) is 11.5. The number of hydrogen-bond acceptors (Lipinski definition) is 6. The lowest BCUT2D eigenvalue weighted by molar-refractivity contribution is -0.120. The van der Waals surface area contributed by atoms with E-state index in [-0.39, 0.29) is 35.2 Å². The van der Waals surface area contributed by atoms with Crippen molar-refractivity contribution in [3.63, 3.8) is 0 Å². The Balaban J connectivity index is 1.91. The highest BCUT2D eigenvalue weighted by atomic mass is 35.5. The number of carbonyl (C=O) groups excluding carboxylic acids is 2. The lowest BCUT2D eigenvalue weighted by Gasteiger charge is -2.14. The molecule has 3 heterocycles. The van der Waals surface area contributed by atoms with Crippen LogP contribution in [0.5, 0.6) is 5.75 Å². The maximum Gasteiger partial charge on any atom is 0.341 e. The first-order valence-electron chi connectivity index (χ1n) is 11.1. The standard InChI is InChI=1S/C25H23ClN4O5/c1-3-12-30-22-18(24(32)29-13-6-5-7-20(29)27-22)14-19(25(33)34-4-2)23(30)28-21(31)15-35-17-10-8-16(26)9-11-17/h5-11,13-14H,3-4,12,15H2,1-2H3. The Morgan fingerprint density at radius 2 is 1.89 bits per heavy atom. The van der Waals surface area contributed by atoms with Gasteiger partial charge in [-0.15, -0.1) is 0 Å². The monoisotopic (exact) mass is 494 g/mol. The van der Waals surface area contributed by atoms with Crippen molar-refractivity contribution >= 4 is 40.2 Å². The van der Waals surface area contributed by atoms with Crippen molar-refractivity contribution in [2.75, 3.05) is 13.2 Å². The fraction of sp³-hybridized carbons (Fsp3) is 0.240. The van der Waals surface area contributed by atoms with E-state index in [2.05, 4.69) is 9.98 Å². The van der Waals surface area contributed by atoms with Crippen molar-refractivity contribution < 1.29 is 19.1 Å². The number of rotatable bonds is 7. The average molecular weight is 495 g/mol. The van der Waals surface area contributed by atoms with Gasteiger partial charge in [0.25, 0.3) is 11.5 Å². The summed E-state index contributed by atoms with van der Waals surface area (Å²) in [7, 11) is 0. The Bertz CT molecular complexity index is 1540. The summed E-state index contributed by atoms with van der Waals surface area (Å²) >= 11 is 5.88. The van der Waals surface area contributed by atoms with Crippen molar-refractivity contribution in [3.05, 3.63) is 81.2 Å². The fourth-order valence-electron chi connectivity index (χ4n) is 3.62. The zero-order valence-corrected chi connectivity index (χ0v) is 20.0. The van der Waals surface area contributed by atoms with Crippen LogP contribution in [-0.4, -0.2) is 39.0 Å². The van der Waals surface area contributed by atoms with Crippen LogP contribution in [0.4, 0.5) is 0 Å². The summed E-state index contributed by atoms with van der Waals surface area (Å²) in [6.45, 7) is 3.72. The van der Waals surface area contributed by atoms with Gasteiger partial charge >= 0.3 is 5.97 Å². The van der Waals surface area contributed by atoms with Crippen LogP contribution in [-0.2, 0) is 16.1 Å². The lowest BCUT2D eigenvalue weighted by Crippen LogP contribution is -2.33. The molecular weight excluding hydrogens is 472 g/mol. The van der Waals surface area contributed by atoms with Crippen molar-refractivity contribution in [1.29, 1.82) is 0 Å². The topological polar surface area (TPSA) is 104 Å². The molecule has 0 aliphatic rings. The molecule has 10 heteroatoms. The number of pyridine rings is 2.